The molecule has 4 aromatic rings. The number of methoxy groups -OCH3 is 1. The van der Waals surface area contributed by atoms with Crippen LogP contribution in [0.15, 0.2) is 47.3 Å². The molecule has 3 fully saturated rings. The minimum Gasteiger partial charge on any atom is -0.494 e. The van der Waals surface area contributed by atoms with E-state index < -0.39 is 13.2 Å². The molecular weight excluding hydrogens is 735 g/mol. The monoisotopic (exact) mass is 778 g/mol. The highest BCUT2D eigenvalue weighted by atomic mass is 79.9. The molecule has 3 N–H and O–H groups in total. The predicted molar refractivity (Wildman–Crippen MR) is 205 cm³/mol. The number of likely N-dealkylation sites (N-methyl/N-ethyl adjacent to an activating group) is 1. The van der Waals surface area contributed by atoms with Crippen LogP contribution in [0.4, 0.5) is 34.5 Å². The van der Waals surface area contributed by atoms with Crippen molar-refractivity contribution in [2.24, 2.45) is 0 Å². The predicted octanol–water partition coefficient (Wildman–Crippen LogP) is 4.87. The van der Waals surface area contributed by atoms with E-state index in [1.54, 1.807) is 39.0 Å². The van der Waals surface area contributed by atoms with Crippen molar-refractivity contribution in [3.63, 3.8) is 0 Å². The Labute approximate surface area is 306 Å². The Kier molecular flexibility index (Phi) is 10.4. The number of carbonyl (C=O) groups is 1. The molecule has 0 aliphatic carbocycles. The summed E-state index contributed by atoms with van der Waals surface area (Å²) in [5, 5.41) is 10.4. The van der Waals surface area contributed by atoms with Gasteiger partial charge in [-0.25, -0.2) is 4.98 Å². The van der Waals surface area contributed by atoms with Gasteiger partial charge in [-0.3, -0.25) is 19.7 Å². The van der Waals surface area contributed by atoms with Gasteiger partial charge < -0.3 is 39.8 Å². The van der Waals surface area contributed by atoms with Gasteiger partial charge in [-0.15, -0.1) is 0 Å². The van der Waals surface area contributed by atoms with Crippen LogP contribution in [0.25, 0.3) is 11.0 Å². The van der Waals surface area contributed by atoms with Gasteiger partial charge in [0.25, 0.3) is 5.91 Å². The Hall–Kier alpha value is -3.88. The first-order chi connectivity index (χ1) is 24.6. The normalized spacial score (nSPS) is 19.1. The summed E-state index contributed by atoms with van der Waals surface area (Å²) in [6, 6.07) is 8.07. The van der Waals surface area contributed by atoms with E-state index in [1.807, 2.05) is 24.3 Å². The van der Waals surface area contributed by atoms with Gasteiger partial charge in [0.1, 0.15) is 30.3 Å². The van der Waals surface area contributed by atoms with E-state index in [1.165, 1.54) is 0 Å². The maximum Gasteiger partial charge on any atom is 0.253 e. The number of nitrogens with one attached hydrogen (secondary N) is 3. The molecule has 0 spiro atoms. The van der Waals surface area contributed by atoms with Crippen molar-refractivity contribution in [2.45, 2.75) is 31.4 Å². The lowest BCUT2D eigenvalue weighted by Crippen LogP contribution is -2.52. The van der Waals surface area contributed by atoms with Crippen LogP contribution in [0, 0.1) is 0 Å². The third-order valence-electron chi connectivity index (χ3n) is 9.82. The molecule has 5 heterocycles. The Morgan fingerprint density at radius 3 is 2.39 bits per heavy atom. The van der Waals surface area contributed by atoms with Gasteiger partial charge in [0.15, 0.2) is 0 Å². The second-order valence-electron chi connectivity index (χ2n) is 13.6. The summed E-state index contributed by atoms with van der Waals surface area (Å²) in [6.07, 6.45) is 7.17. The first kappa shape index (κ1) is 35.5. The molecule has 3 saturated heterocycles. The molecule has 1 unspecified atom stereocenters. The summed E-state index contributed by atoms with van der Waals surface area (Å²) in [7, 11) is 1.02. The zero-order valence-electron chi connectivity index (χ0n) is 29.4. The van der Waals surface area contributed by atoms with Gasteiger partial charge in [-0.2, -0.15) is 4.98 Å². The van der Waals surface area contributed by atoms with Crippen LogP contribution >= 0.6 is 23.1 Å². The molecule has 16 heteroatoms. The van der Waals surface area contributed by atoms with Crippen molar-refractivity contribution in [1.82, 2.24) is 29.7 Å². The average molecular weight is 780 g/mol. The second kappa shape index (κ2) is 15.0. The molecule has 0 radical (unpaired) electrons. The zero-order chi connectivity index (χ0) is 35.7. The van der Waals surface area contributed by atoms with Crippen molar-refractivity contribution in [1.29, 1.82) is 0 Å². The fourth-order valence-corrected chi connectivity index (χ4v) is 8.63. The lowest BCUT2D eigenvalue weighted by molar-refractivity contribution is -0.139. The number of fused-ring (bicyclic) bond motifs is 1. The molecule has 0 saturated carbocycles. The Bertz CT molecular complexity index is 1960. The number of rotatable bonds is 10. The molecule has 0 bridgehead atoms. The number of aromatic nitrogens is 4. The van der Waals surface area contributed by atoms with E-state index in [2.05, 4.69) is 68.6 Å². The molecule has 14 nitrogen and oxygen atoms in total. The highest BCUT2D eigenvalue weighted by Gasteiger charge is 2.31. The van der Waals surface area contributed by atoms with Gasteiger partial charge in [-0.1, -0.05) is 0 Å². The van der Waals surface area contributed by atoms with Gasteiger partial charge in [0.05, 0.1) is 51.8 Å². The summed E-state index contributed by atoms with van der Waals surface area (Å²) >= 11 is 3.57. The Morgan fingerprint density at radius 2 is 1.71 bits per heavy atom. The lowest BCUT2D eigenvalue weighted by atomic mass is 10.0. The number of amides is 1. The number of hydrogen-bond donors (Lipinski definition) is 3. The van der Waals surface area contributed by atoms with E-state index in [0.717, 1.165) is 57.8 Å². The van der Waals surface area contributed by atoms with Gasteiger partial charge in [-0.05, 0) is 67.3 Å². The summed E-state index contributed by atoms with van der Waals surface area (Å²) in [6.45, 7) is 10.1. The Morgan fingerprint density at radius 1 is 0.961 bits per heavy atom. The van der Waals surface area contributed by atoms with Crippen molar-refractivity contribution >= 4 is 79.8 Å². The summed E-state index contributed by atoms with van der Waals surface area (Å²) in [5.41, 5.74) is 4.00. The van der Waals surface area contributed by atoms with Crippen LogP contribution in [-0.4, -0.2) is 121 Å². The van der Waals surface area contributed by atoms with Gasteiger partial charge in [0.2, 0.25) is 5.95 Å². The van der Waals surface area contributed by atoms with E-state index in [0.29, 0.717) is 68.5 Å². The summed E-state index contributed by atoms with van der Waals surface area (Å²) < 4.78 is 25.5. The minimum absolute atomic E-state index is 0.169. The number of nitrogens with zero attached hydrogens (tertiary/aromatic N) is 7. The van der Waals surface area contributed by atoms with E-state index in [-0.39, 0.29) is 11.9 Å². The molecule has 2 aromatic heterocycles. The average Bonchev–Trinajstić information content (AvgIpc) is 3.09. The third-order valence-corrected chi connectivity index (χ3v) is 11.9. The van der Waals surface area contributed by atoms with Crippen LogP contribution in [-0.2, 0) is 14.1 Å². The summed E-state index contributed by atoms with van der Waals surface area (Å²) in [4.78, 5) is 38.7. The molecule has 1 atom stereocenters. The number of piperazine rings is 1. The number of halogens is 1. The van der Waals surface area contributed by atoms with Crippen LogP contribution in [0.3, 0.4) is 0 Å². The number of hydrogen-bond acceptors (Lipinski definition) is 13. The van der Waals surface area contributed by atoms with Crippen molar-refractivity contribution in [2.75, 3.05) is 94.2 Å². The first-order valence-corrected chi connectivity index (χ1v) is 20.6. The smallest absolute Gasteiger partial charge is 0.253 e. The lowest BCUT2D eigenvalue weighted by Gasteiger charge is -2.43. The zero-order valence-corrected chi connectivity index (χ0v) is 31.8. The maximum atomic E-state index is 13.5. The molecule has 2 aromatic carbocycles. The molecule has 3 aliphatic rings. The second-order valence-corrected chi connectivity index (χ2v) is 17.6. The largest absolute Gasteiger partial charge is 0.494 e. The number of benzene rings is 2. The number of carbonyl (C=O) groups excluding carboxylic acids is 1. The van der Waals surface area contributed by atoms with Crippen molar-refractivity contribution < 1.29 is 18.8 Å². The van der Waals surface area contributed by atoms with Gasteiger partial charge >= 0.3 is 0 Å². The van der Waals surface area contributed by atoms with Crippen LogP contribution in [0.1, 0.15) is 19.3 Å². The molecular formula is C35H44BrN10O4P. The third kappa shape index (κ3) is 7.82. The number of anilines is 6. The first-order valence-electron chi connectivity index (χ1n) is 17.3. The van der Waals surface area contributed by atoms with E-state index in [9.17, 15) is 9.36 Å². The Balaban J connectivity index is 1.16. The quantitative estimate of drug-likeness (QED) is 0.188. The van der Waals surface area contributed by atoms with Crippen molar-refractivity contribution in [3.8, 4) is 5.75 Å². The van der Waals surface area contributed by atoms with E-state index >= 15 is 0 Å². The molecule has 7 rings (SSSR count). The number of ether oxygens (including phenoxy) is 2. The molecule has 1 amide bonds. The van der Waals surface area contributed by atoms with Crippen LogP contribution in [0.2, 0.25) is 0 Å². The fraction of sp³-hybridized carbons (Fsp3) is 0.457. The maximum absolute atomic E-state index is 13.5. The SMILES string of the molecule is COc1cc(N2CCC(N3CCN(C)CC3)CC2)c(NC(=O)C2CCO2)cc1Nc1ncc(Br)c(Nc2ccc3nccnc3c2P(C)(C)=O)n1. The van der Waals surface area contributed by atoms with Gasteiger partial charge in [0, 0.05) is 76.4 Å². The van der Waals surface area contributed by atoms with Crippen molar-refractivity contribution in [3.05, 3.63) is 47.3 Å². The highest BCUT2D eigenvalue weighted by molar-refractivity contribution is 9.10. The fourth-order valence-electron chi connectivity index (χ4n) is 6.94. The number of piperidine rings is 1. The topological polar surface area (TPSA) is 150 Å². The van der Waals surface area contributed by atoms with E-state index in [4.69, 9.17) is 14.5 Å². The standard InChI is InChI=1S/C35H44BrN10O4P/c1-44-14-16-45(17-15-44)22-7-12-46(13-8-22)28-20-30(49-2)27(19-26(28)41-34(47)29-9-18-50-29)42-35-39-21-23(36)33(43-35)40-25-6-5-24-31(38-11-10-37-24)32(25)51(3,4)48/h5-6,10-11,19-22,29H,7-9,12-18H2,1-4H3,(H,41,47)(H2,39,40,42,43). The molecule has 51 heavy (non-hydrogen) atoms. The van der Waals surface area contributed by atoms with Crippen LogP contribution < -0.4 is 30.9 Å². The molecule has 3 aliphatic heterocycles. The minimum atomic E-state index is -2.79. The highest BCUT2D eigenvalue weighted by Crippen LogP contribution is 2.42. The molecule has 270 valence electrons. The van der Waals surface area contributed by atoms with Crippen LogP contribution in [0.5, 0.6) is 5.75 Å². The summed E-state index contributed by atoms with van der Waals surface area (Å²) in [5.74, 6) is 1.16.